The first-order chi connectivity index (χ1) is 17.1. The molecule has 1 heterocycles. The highest BCUT2D eigenvalue weighted by atomic mass is 32.2. The Bertz CT molecular complexity index is 1230. The van der Waals surface area contributed by atoms with Gasteiger partial charge in [0.2, 0.25) is 0 Å². The summed E-state index contributed by atoms with van der Waals surface area (Å²) in [4.78, 5) is 30.3. The first-order valence-electron chi connectivity index (χ1n) is 12.2. The van der Waals surface area contributed by atoms with Crippen LogP contribution in [0.25, 0.3) is 11.4 Å². The fourth-order valence-corrected chi connectivity index (χ4v) is 4.77. The summed E-state index contributed by atoms with van der Waals surface area (Å²) in [6.45, 7) is 13.0. The number of carbonyl (C=O) groups excluding carboxylic acids is 1. The average Bonchev–Trinajstić information content (AvgIpc) is 3.17. The number of hydrogen-bond donors (Lipinski definition) is 2. The van der Waals surface area contributed by atoms with Crippen LogP contribution in [-0.2, 0) is 22.5 Å². The molecule has 2 aromatic carbocycles. The van der Waals surface area contributed by atoms with Gasteiger partial charge in [-0.2, -0.15) is 0 Å². The topological polar surface area (TPSA) is 93.4 Å². The van der Waals surface area contributed by atoms with Gasteiger partial charge in [-0.05, 0) is 70.4 Å². The standard InChI is InChI=1S/C28H35N3O4S/c1-7-20-9-14-23(18(3)17-20)29-26(32)24-19(4)31(15-16-35-8-2)25(30-24)21-10-12-22(13-11-21)36-28(5,6)27(33)34/h9-14,17H,7-8,15-16H2,1-6H3,(H,29,32)(H,33,34). The second-order valence-electron chi connectivity index (χ2n) is 9.12. The van der Waals surface area contributed by atoms with Gasteiger partial charge in [-0.1, -0.05) is 31.2 Å². The number of carboxylic acids is 1. The largest absolute Gasteiger partial charge is 0.480 e. The van der Waals surface area contributed by atoms with Crippen LogP contribution in [0.3, 0.4) is 0 Å². The van der Waals surface area contributed by atoms with Gasteiger partial charge >= 0.3 is 5.97 Å². The number of carboxylic acid groups (broad SMARTS) is 1. The number of aromatic nitrogens is 2. The van der Waals surface area contributed by atoms with Gasteiger partial charge in [0.15, 0.2) is 0 Å². The summed E-state index contributed by atoms with van der Waals surface area (Å²) in [5, 5.41) is 12.4. The Labute approximate surface area is 217 Å². The number of hydrogen-bond acceptors (Lipinski definition) is 5. The number of nitrogens with zero attached hydrogens (tertiary/aromatic N) is 2. The minimum atomic E-state index is -0.938. The molecule has 1 aromatic heterocycles. The summed E-state index contributed by atoms with van der Waals surface area (Å²) >= 11 is 1.29. The molecule has 8 heteroatoms. The van der Waals surface area contributed by atoms with Crippen LogP contribution in [0.15, 0.2) is 47.4 Å². The molecular formula is C28H35N3O4S. The molecule has 2 N–H and O–H groups in total. The first-order valence-corrected chi connectivity index (χ1v) is 13.0. The van der Waals surface area contributed by atoms with Crippen molar-refractivity contribution < 1.29 is 19.4 Å². The Kier molecular flexibility index (Phi) is 8.98. The summed E-state index contributed by atoms with van der Waals surface area (Å²) in [5.41, 5.74) is 4.96. The van der Waals surface area contributed by atoms with Crippen LogP contribution in [0.5, 0.6) is 0 Å². The van der Waals surface area contributed by atoms with Gasteiger partial charge in [0.05, 0.1) is 6.61 Å². The van der Waals surface area contributed by atoms with Crippen molar-refractivity contribution in [1.82, 2.24) is 9.55 Å². The fraction of sp³-hybridized carbons (Fsp3) is 0.393. The van der Waals surface area contributed by atoms with Crippen LogP contribution in [0.1, 0.15) is 55.0 Å². The van der Waals surface area contributed by atoms with Gasteiger partial charge in [0.1, 0.15) is 16.3 Å². The van der Waals surface area contributed by atoms with E-state index < -0.39 is 10.7 Å². The van der Waals surface area contributed by atoms with E-state index in [0.29, 0.717) is 31.3 Å². The maximum atomic E-state index is 13.3. The summed E-state index contributed by atoms with van der Waals surface area (Å²) < 4.78 is 6.64. The molecule has 0 bridgehead atoms. The molecule has 3 rings (SSSR count). The number of amides is 1. The molecule has 7 nitrogen and oxygen atoms in total. The number of aryl methyl sites for hydroxylation is 2. The van der Waals surface area contributed by atoms with Crippen molar-refractivity contribution in [3.05, 3.63) is 65.0 Å². The van der Waals surface area contributed by atoms with Gasteiger partial charge in [-0.15, -0.1) is 11.8 Å². The van der Waals surface area contributed by atoms with E-state index in [2.05, 4.69) is 18.3 Å². The number of rotatable bonds is 11. The summed E-state index contributed by atoms with van der Waals surface area (Å²) in [6.07, 6.45) is 0.937. The van der Waals surface area contributed by atoms with E-state index >= 15 is 0 Å². The summed E-state index contributed by atoms with van der Waals surface area (Å²) in [7, 11) is 0. The quantitative estimate of drug-likeness (QED) is 0.244. The minimum absolute atomic E-state index is 0.258. The van der Waals surface area contributed by atoms with Gasteiger partial charge in [0.25, 0.3) is 5.91 Å². The van der Waals surface area contributed by atoms with E-state index in [1.807, 2.05) is 61.7 Å². The van der Waals surface area contributed by atoms with Gasteiger partial charge in [0, 0.05) is 35.0 Å². The second-order valence-corrected chi connectivity index (χ2v) is 10.8. The zero-order valence-electron chi connectivity index (χ0n) is 21.8. The molecule has 0 saturated heterocycles. The molecule has 36 heavy (non-hydrogen) atoms. The molecule has 1 amide bonds. The number of thioether (sulfide) groups is 1. The van der Waals surface area contributed by atoms with Gasteiger partial charge < -0.3 is 19.7 Å². The smallest absolute Gasteiger partial charge is 0.319 e. The number of benzene rings is 2. The Morgan fingerprint density at radius 2 is 1.81 bits per heavy atom. The highest BCUT2D eigenvalue weighted by molar-refractivity contribution is 8.01. The van der Waals surface area contributed by atoms with Gasteiger partial charge in [-0.25, -0.2) is 4.98 Å². The highest BCUT2D eigenvalue weighted by Crippen LogP contribution is 2.34. The Hall–Kier alpha value is -3.10. The van der Waals surface area contributed by atoms with Crippen molar-refractivity contribution in [3.63, 3.8) is 0 Å². The zero-order valence-corrected chi connectivity index (χ0v) is 22.7. The molecule has 0 unspecified atom stereocenters. The Balaban J connectivity index is 1.93. The average molecular weight is 510 g/mol. The van der Waals surface area contributed by atoms with Crippen LogP contribution in [-0.4, -0.2) is 44.5 Å². The van der Waals surface area contributed by atoms with Crippen molar-refractivity contribution in [2.45, 2.75) is 64.2 Å². The lowest BCUT2D eigenvalue weighted by Crippen LogP contribution is -2.26. The van der Waals surface area contributed by atoms with E-state index in [0.717, 1.165) is 33.8 Å². The van der Waals surface area contributed by atoms with Crippen molar-refractivity contribution in [1.29, 1.82) is 0 Å². The number of anilines is 1. The van der Waals surface area contributed by atoms with E-state index in [1.165, 1.54) is 17.3 Å². The second kappa shape index (κ2) is 11.8. The normalized spacial score (nSPS) is 11.5. The van der Waals surface area contributed by atoms with E-state index in [4.69, 9.17) is 9.72 Å². The summed E-state index contributed by atoms with van der Waals surface area (Å²) in [6, 6.07) is 13.6. The third-order valence-corrected chi connectivity index (χ3v) is 7.24. The van der Waals surface area contributed by atoms with E-state index in [1.54, 1.807) is 13.8 Å². The minimum Gasteiger partial charge on any atom is -0.480 e. The van der Waals surface area contributed by atoms with Crippen molar-refractivity contribution >= 4 is 29.3 Å². The maximum absolute atomic E-state index is 13.3. The molecule has 0 saturated carbocycles. The van der Waals surface area contributed by atoms with Crippen LogP contribution in [0.4, 0.5) is 5.69 Å². The predicted octanol–water partition coefficient (Wildman–Crippen LogP) is 5.97. The van der Waals surface area contributed by atoms with Crippen LogP contribution >= 0.6 is 11.8 Å². The molecular weight excluding hydrogens is 474 g/mol. The fourth-order valence-electron chi connectivity index (χ4n) is 3.82. The molecule has 0 aliphatic heterocycles. The van der Waals surface area contributed by atoms with Crippen molar-refractivity contribution in [2.75, 3.05) is 18.5 Å². The van der Waals surface area contributed by atoms with Crippen LogP contribution < -0.4 is 5.32 Å². The lowest BCUT2D eigenvalue weighted by atomic mass is 10.1. The molecule has 192 valence electrons. The lowest BCUT2D eigenvalue weighted by molar-refractivity contribution is -0.138. The van der Waals surface area contributed by atoms with Crippen LogP contribution in [0, 0.1) is 13.8 Å². The van der Waals surface area contributed by atoms with E-state index in [9.17, 15) is 14.7 Å². The highest BCUT2D eigenvalue weighted by Gasteiger charge is 2.28. The predicted molar refractivity (Wildman–Crippen MR) is 145 cm³/mol. The van der Waals surface area contributed by atoms with E-state index in [-0.39, 0.29) is 5.91 Å². The number of imidazole rings is 1. The third kappa shape index (κ3) is 6.36. The number of aliphatic carboxylic acids is 1. The maximum Gasteiger partial charge on any atom is 0.319 e. The monoisotopic (exact) mass is 509 g/mol. The molecule has 0 radical (unpaired) electrons. The molecule has 0 atom stereocenters. The Morgan fingerprint density at radius 1 is 1.11 bits per heavy atom. The Morgan fingerprint density at radius 3 is 2.39 bits per heavy atom. The van der Waals surface area contributed by atoms with Crippen molar-refractivity contribution in [2.24, 2.45) is 0 Å². The van der Waals surface area contributed by atoms with Crippen molar-refractivity contribution in [3.8, 4) is 11.4 Å². The first kappa shape index (κ1) is 27.5. The number of nitrogens with one attached hydrogen (secondary N) is 1. The molecule has 0 aliphatic carbocycles. The van der Waals surface area contributed by atoms with Gasteiger partial charge in [-0.3, -0.25) is 9.59 Å². The lowest BCUT2D eigenvalue weighted by Gasteiger charge is -2.18. The number of ether oxygens (including phenoxy) is 1. The SMILES string of the molecule is CCOCCn1c(-c2ccc(SC(C)(C)C(=O)O)cc2)nc(C(=O)Nc2ccc(CC)cc2C)c1C. The molecule has 3 aromatic rings. The third-order valence-electron chi connectivity index (χ3n) is 6.05. The zero-order chi connectivity index (χ0) is 26.5. The molecule has 0 fully saturated rings. The molecule has 0 spiro atoms. The van der Waals surface area contributed by atoms with Crippen LogP contribution in [0.2, 0.25) is 0 Å². The summed E-state index contributed by atoms with van der Waals surface area (Å²) in [5.74, 6) is -0.454. The number of carbonyl (C=O) groups is 2. The molecule has 0 aliphatic rings.